The van der Waals surface area contributed by atoms with Crippen molar-refractivity contribution in [1.82, 2.24) is 10.7 Å². The summed E-state index contributed by atoms with van der Waals surface area (Å²) in [6, 6.07) is 21.6. The Morgan fingerprint density at radius 2 is 1.73 bits per heavy atom. The summed E-state index contributed by atoms with van der Waals surface area (Å²) in [6.45, 7) is 4.16. The van der Waals surface area contributed by atoms with Crippen LogP contribution in [0.15, 0.2) is 71.8 Å². The highest BCUT2D eigenvalue weighted by Crippen LogP contribution is 2.22. The Morgan fingerprint density at radius 1 is 1.00 bits per heavy atom. The van der Waals surface area contributed by atoms with Gasteiger partial charge in [-0.05, 0) is 41.8 Å². The molecule has 0 heterocycles. The molecule has 2 amide bonds. The van der Waals surface area contributed by atoms with Gasteiger partial charge in [0.25, 0.3) is 0 Å². The van der Waals surface area contributed by atoms with Crippen LogP contribution >= 0.6 is 0 Å². The molecule has 0 saturated carbocycles. The SMILES string of the molecule is CC[C@H](C)NC(=O)C(=O)N/N=C\c1ccccc1OCc1cccc2ccccc12. The quantitative estimate of drug-likeness (QED) is 0.358. The van der Waals surface area contributed by atoms with Crippen molar-refractivity contribution in [1.29, 1.82) is 0 Å². The summed E-state index contributed by atoms with van der Waals surface area (Å²) in [6.07, 6.45) is 2.20. The van der Waals surface area contributed by atoms with Gasteiger partial charge < -0.3 is 10.1 Å². The summed E-state index contributed by atoms with van der Waals surface area (Å²) in [5, 5.41) is 8.79. The largest absolute Gasteiger partial charge is 0.488 e. The molecule has 0 radical (unpaired) electrons. The van der Waals surface area contributed by atoms with Crippen molar-refractivity contribution in [3.8, 4) is 5.75 Å². The zero-order chi connectivity index (χ0) is 21.3. The molecule has 0 spiro atoms. The number of nitrogens with one attached hydrogen (secondary N) is 2. The van der Waals surface area contributed by atoms with E-state index >= 15 is 0 Å². The van der Waals surface area contributed by atoms with E-state index in [1.54, 1.807) is 0 Å². The number of hydrazone groups is 1. The Kier molecular flexibility index (Phi) is 7.16. The number of carbonyl (C=O) groups is 2. The third-order valence-electron chi connectivity index (χ3n) is 4.75. The van der Waals surface area contributed by atoms with E-state index in [1.807, 2.05) is 62.4 Å². The number of para-hydroxylation sites is 1. The third kappa shape index (κ3) is 5.44. The normalized spacial score (nSPS) is 11.9. The Bertz CT molecular complexity index is 1060. The first kappa shape index (κ1) is 21.0. The van der Waals surface area contributed by atoms with Crippen LogP contribution < -0.4 is 15.5 Å². The summed E-state index contributed by atoms with van der Waals surface area (Å²) in [7, 11) is 0. The summed E-state index contributed by atoms with van der Waals surface area (Å²) in [5.74, 6) is -0.879. The van der Waals surface area contributed by atoms with Crippen molar-refractivity contribution in [3.63, 3.8) is 0 Å². The zero-order valence-electron chi connectivity index (χ0n) is 17.1. The molecule has 0 bridgehead atoms. The lowest BCUT2D eigenvalue weighted by Crippen LogP contribution is -2.41. The second-order valence-electron chi connectivity index (χ2n) is 6.95. The Morgan fingerprint density at radius 3 is 2.57 bits per heavy atom. The second kappa shape index (κ2) is 10.2. The molecule has 0 aliphatic rings. The first-order chi connectivity index (χ1) is 14.6. The minimum atomic E-state index is -0.805. The lowest BCUT2D eigenvalue weighted by Gasteiger charge is -2.11. The van der Waals surface area contributed by atoms with E-state index in [9.17, 15) is 9.59 Å². The lowest BCUT2D eigenvalue weighted by molar-refractivity contribution is -0.139. The predicted octanol–water partition coefficient (Wildman–Crippen LogP) is 3.78. The fourth-order valence-corrected chi connectivity index (χ4v) is 2.90. The van der Waals surface area contributed by atoms with Crippen LogP contribution in [0.3, 0.4) is 0 Å². The molecule has 0 aliphatic heterocycles. The van der Waals surface area contributed by atoms with Gasteiger partial charge in [0.2, 0.25) is 0 Å². The molecule has 2 N–H and O–H groups in total. The number of rotatable bonds is 7. The average molecular weight is 403 g/mol. The number of ether oxygens (including phenoxy) is 1. The van der Waals surface area contributed by atoms with Crippen molar-refractivity contribution < 1.29 is 14.3 Å². The second-order valence-corrected chi connectivity index (χ2v) is 6.95. The Hall–Kier alpha value is -3.67. The van der Waals surface area contributed by atoms with Gasteiger partial charge in [0.1, 0.15) is 12.4 Å². The number of carbonyl (C=O) groups excluding carboxylic acids is 2. The van der Waals surface area contributed by atoms with Crippen LogP contribution in [0.1, 0.15) is 31.4 Å². The average Bonchev–Trinajstić information content (AvgIpc) is 2.78. The molecule has 3 rings (SSSR count). The van der Waals surface area contributed by atoms with Gasteiger partial charge in [0.05, 0.1) is 6.21 Å². The maximum Gasteiger partial charge on any atom is 0.329 e. The Labute approximate surface area is 175 Å². The van der Waals surface area contributed by atoms with Crippen LogP contribution in [0.25, 0.3) is 10.8 Å². The molecule has 30 heavy (non-hydrogen) atoms. The van der Waals surface area contributed by atoms with Gasteiger partial charge in [-0.2, -0.15) is 5.10 Å². The minimum Gasteiger partial charge on any atom is -0.488 e. The van der Waals surface area contributed by atoms with Gasteiger partial charge in [-0.1, -0.05) is 61.5 Å². The monoisotopic (exact) mass is 403 g/mol. The summed E-state index contributed by atoms with van der Waals surface area (Å²) >= 11 is 0. The molecule has 0 aliphatic carbocycles. The smallest absolute Gasteiger partial charge is 0.329 e. The van der Waals surface area contributed by atoms with Gasteiger partial charge in [0.15, 0.2) is 0 Å². The molecule has 154 valence electrons. The lowest BCUT2D eigenvalue weighted by atomic mass is 10.1. The van der Waals surface area contributed by atoms with E-state index in [-0.39, 0.29) is 6.04 Å². The van der Waals surface area contributed by atoms with Crippen LogP contribution in [-0.2, 0) is 16.2 Å². The fraction of sp³-hybridized carbons (Fsp3) is 0.208. The van der Waals surface area contributed by atoms with Crippen LogP contribution in [0.4, 0.5) is 0 Å². The van der Waals surface area contributed by atoms with Crippen molar-refractivity contribution in [3.05, 3.63) is 77.9 Å². The molecule has 1 atom stereocenters. The van der Waals surface area contributed by atoms with Crippen LogP contribution in [0.2, 0.25) is 0 Å². The molecule has 6 nitrogen and oxygen atoms in total. The number of hydrogen-bond acceptors (Lipinski definition) is 4. The number of nitrogens with zero attached hydrogens (tertiary/aromatic N) is 1. The highest BCUT2D eigenvalue weighted by Gasteiger charge is 2.14. The standard InChI is InChI=1S/C24H25N3O3/c1-3-17(2)26-23(28)24(29)27-25-15-19-10-5-7-14-22(19)30-16-20-12-8-11-18-9-4-6-13-21(18)20/h4-15,17H,3,16H2,1-2H3,(H,26,28)(H,27,29)/b25-15-/t17-/m0/s1. The number of benzene rings is 3. The molecule has 6 heteroatoms. The van der Waals surface area contributed by atoms with Gasteiger partial charge in [-0.15, -0.1) is 0 Å². The van der Waals surface area contributed by atoms with Gasteiger partial charge in [0, 0.05) is 11.6 Å². The highest BCUT2D eigenvalue weighted by atomic mass is 16.5. The van der Waals surface area contributed by atoms with Crippen molar-refractivity contribution >= 4 is 28.8 Å². The van der Waals surface area contributed by atoms with Crippen LogP contribution in [-0.4, -0.2) is 24.1 Å². The zero-order valence-corrected chi connectivity index (χ0v) is 17.1. The first-order valence-electron chi connectivity index (χ1n) is 9.91. The summed E-state index contributed by atoms with van der Waals surface area (Å²) in [4.78, 5) is 23.6. The summed E-state index contributed by atoms with van der Waals surface area (Å²) < 4.78 is 6.02. The first-order valence-corrected chi connectivity index (χ1v) is 9.91. The molecule has 0 saturated heterocycles. The van der Waals surface area contributed by atoms with Gasteiger partial charge in [-0.25, -0.2) is 5.43 Å². The highest BCUT2D eigenvalue weighted by molar-refractivity contribution is 6.35. The Balaban J connectivity index is 1.65. The van der Waals surface area contributed by atoms with Crippen molar-refractivity contribution in [2.75, 3.05) is 0 Å². The predicted molar refractivity (Wildman–Crippen MR) is 118 cm³/mol. The maximum absolute atomic E-state index is 11.8. The maximum atomic E-state index is 11.8. The van der Waals surface area contributed by atoms with Crippen LogP contribution in [0.5, 0.6) is 5.75 Å². The van der Waals surface area contributed by atoms with E-state index in [1.165, 1.54) is 6.21 Å². The fourth-order valence-electron chi connectivity index (χ4n) is 2.90. The number of hydrogen-bond donors (Lipinski definition) is 2. The molecule has 3 aromatic carbocycles. The number of amides is 2. The molecular formula is C24H25N3O3. The molecule has 0 unspecified atom stereocenters. The van der Waals surface area contributed by atoms with E-state index in [0.717, 1.165) is 22.8 Å². The van der Waals surface area contributed by atoms with E-state index in [0.29, 0.717) is 17.9 Å². The molecule has 0 aromatic heterocycles. The molecule has 0 fully saturated rings. The van der Waals surface area contributed by atoms with E-state index < -0.39 is 11.8 Å². The molecule has 3 aromatic rings. The van der Waals surface area contributed by atoms with Crippen molar-refractivity contribution in [2.24, 2.45) is 5.10 Å². The van der Waals surface area contributed by atoms with Gasteiger partial charge >= 0.3 is 11.8 Å². The molecular weight excluding hydrogens is 378 g/mol. The summed E-state index contributed by atoms with van der Waals surface area (Å²) in [5.41, 5.74) is 4.02. The van der Waals surface area contributed by atoms with E-state index in [4.69, 9.17) is 4.74 Å². The minimum absolute atomic E-state index is 0.0737. The van der Waals surface area contributed by atoms with Crippen molar-refractivity contribution in [2.45, 2.75) is 32.9 Å². The third-order valence-corrected chi connectivity index (χ3v) is 4.75. The number of fused-ring (bicyclic) bond motifs is 1. The van der Waals surface area contributed by atoms with Gasteiger partial charge in [-0.3, -0.25) is 9.59 Å². The van der Waals surface area contributed by atoms with E-state index in [2.05, 4.69) is 34.0 Å². The van der Waals surface area contributed by atoms with Crippen LogP contribution in [0, 0.1) is 0 Å². The topological polar surface area (TPSA) is 79.8 Å².